The molecule has 4 rings (SSSR count). The van der Waals surface area contributed by atoms with Gasteiger partial charge >= 0.3 is 0 Å². The van der Waals surface area contributed by atoms with E-state index in [0.29, 0.717) is 29.6 Å². The summed E-state index contributed by atoms with van der Waals surface area (Å²) in [7, 11) is -3.19. The van der Waals surface area contributed by atoms with Crippen LogP contribution in [0.15, 0.2) is 18.2 Å². The van der Waals surface area contributed by atoms with Crippen molar-refractivity contribution in [3.05, 3.63) is 29.3 Å². The number of hydrogen-bond acceptors (Lipinski definition) is 4. The van der Waals surface area contributed by atoms with Crippen molar-refractivity contribution in [3.63, 3.8) is 0 Å². The van der Waals surface area contributed by atoms with E-state index in [1.165, 1.54) is 10.7 Å². The van der Waals surface area contributed by atoms with E-state index in [9.17, 15) is 13.2 Å². The van der Waals surface area contributed by atoms with Crippen molar-refractivity contribution >= 4 is 34.0 Å². The molecule has 8 heteroatoms. The SMILES string of the molecule is Cc1cc(N2CCCS2(=O)=O)ccc1C(=O)N1CCC2(CCNC2)CC1.Cl. The summed E-state index contributed by atoms with van der Waals surface area (Å²) in [6.45, 7) is 6.20. The number of aryl methyl sites for hydroxylation is 1. The van der Waals surface area contributed by atoms with Gasteiger partial charge in [-0.2, -0.15) is 0 Å². The number of carbonyl (C=O) groups is 1. The number of nitrogens with one attached hydrogen (secondary N) is 1. The van der Waals surface area contributed by atoms with Crippen LogP contribution in [0.5, 0.6) is 0 Å². The van der Waals surface area contributed by atoms with Gasteiger partial charge in [0.2, 0.25) is 10.0 Å². The first-order valence-electron chi connectivity index (χ1n) is 9.51. The second kappa shape index (κ2) is 7.60. The molecule has 1 aromatic carbocycles. The first kappa shape index (κ1) is 20.4. The zero-order chi connectivity index (χ0) is 18.4. The number of halogens is 1. The number of likely N-dealkylation sites (tertiary alicyclic amines) is 1. The van der Waals surface area contributed by atoms with Gasteiger partial charge in [-0.3, -0.25) is 9.10 Å². The monoisotopic (exact) mass is 413 g/mol. The lowest BCUT2D eigenvalue weighted by Crippen LogP contribution is -2.44. The minimum atomic E-state index is -3.19. The van der Waals surface area contributed by atoms with Gasteiger partial charge in [0.1, 0.15) is 0 Å². The molecule has 0 bridgehead atoms. The first-order chi connectivity index (χ1) is 12.4. The Hall–Kier alpha value is -1.31. The molecule has 0 radical (unpaired) electrons. The number of anilines is 1. The molecule has 0 atom stereocenters. The zero-order valence-electron chi connectivity index (χ0n) is 15.7. The molecule has 150 valence electrons. The van der Waals surface area contributed by atoms with Crippen molar-refractivity contribution in [2.75, 3.05) is 42.8 Å². The molecule has 0 aliphatic carbocycles. The molecule has 3 aliphatic rings. The fourth-order valence-corrected chi connectivity index (χ4v) is 6.11. The highest BCUT2D eigenvalue weighted by Gasteiger charge is 2.38. The number of piperidine rings is 1. The predicted molar refractivity (Wildman–Crippen MR) is 109 cm³/mol. The van der Waals surface area contributed by atoms with Gasteiger partial charge in [-0.15, -0.1) is 12.4 Å². The third-order valence-electron chi connectivity index (χ3n) is 6.27. The molecule has 1 aromatic rings. The Kier molecular flexibility index (Phi) is 5.75. The highest BCUT2D eigenvalue weighted by Crippen LogP contribution is 2.37. The van der Waals surface area contributed by atoms with E-state index in [-0.39, 0.29) is 24.1 Å². The molecular formula is C19H28ClN3O3S. The van der Waals surface area contributed by atoms with Crippen LogP contribution < -0.4 is 9.62 Å². The van der Waals surface area contributed by atoms with Crippen molar-refractivity contribution in [2.24, 2.45) is 5.41 Å². The number of nitrogens with zero attached hydrogens (tertiary/aromatic N) is 2. The Labute approximate surface area is 167 Å². The first-order valence-corrected chi connectivity index (χ1v) is 11.1. The lowest BCUT2D eigenvalue weighted by atomic mass is 9.77. The fraction of sp³-hybridized carbons (Fsp3) is 0.632. The third kappa shape index (κ3) is 3.82. The van der Waals surface area contributed by atoms with Crippen molar-refractivity contribution < 1.29 is 13.2 Å². The maximum atomic E-state index is 13.0. The lowest BCUT2D eigenvalue weighted by molar-refractivity contribution is 0.0607. The average Bonchev–Trinajstić information content (AvgIpc) is 3.21. The molecule has 3 aliphatic heterocycles. The highest BCUT2D eigenvalue weighted by atomic mass is 35.5. The van der Waals surface area contributed by atoms with Crippen LogP contribution in [-0.2, 0) is 10.0 Å². The molecule has 0 unspecified atom stereocenters. The molecular weight excluding hydrogens is 386 g/mol. The summed E-state index contributed by atoms with van der Waals surface area (Å²) in [6, 6.07) is 5.40. The summed E-state index contributed by atoms with van der Waals surface area (Å²) in [6.07, 6.45) is 4.00. The normalized spacial score (nSPS) is 23.4. The molecule has 3 heterocycles. The van der Waals surface area contributed by atoms with E-state index in [1.807, 2.05) is 17.9 Å². The fourth-order valence-electron chi connectivity index (χ4n) is 4.55. The van der Waals surface area contributed by atoms with Crippen LogP contribution in [0.2, 0.25) is 0 Å². The van der Waals surface area contributed by atoms with Crippen LogP contribution in [0.25, 0.3) is 0 Å². The van der Waals surface area contributed by atoms with E-state index >= 15 is 0 Å². The third-order valence-corrected chi connectivity index (χ3v) is 8.14. The molecule has 3 fully saturated rings. The smallest absolute Gasteiger partial charge is 0.254 e. The van der Waals surface area contributed by atoms with Crippen molar-refractivity contribution in [2.45, 2.75) is 32.6 Å². The Morgan fingerprint density at radius 3 is 2.44 bits per heavy atom. The van der Waals surface area contributed by atoms with E-state index in [2.05, 4.69) is 5.32 Å². The van der Waals surface area contributed by atoms with Crippen molar-refractivity contribution in [1.29, 1.82) is 0 Å². The number of carbonyl (C=O) groups excluding carboxylic acids is 1. The van der Waals surface area contributed by atoms with Gasteiger partial charge in [-0.05, 0) is 68.3 Å². The quantitative estimate of drug-likeness (QED) is 0.806. The minimum absolute atomic E-state index is 0. The average molecular weight is 414 g/mol. The van der Waals surface area contributed by atoms with Crippen LogP contribution >= 0.6 is 12.4 Å². The van der Waals surface area contributed by atoms with Gasteiger partial charge in [0, 0.05) is 31.7 Å². The molecule has 1 spiro atoms. The summed E-state index contributed by atoms with van der Waals surface area (Å²) in [5.41, 5.74) is 2.59. The second-order valence-electron chi connectivity index (χ2n) is 7.96. The number of amides is 1. The largest absolute Gasteiger partial charge is 0.339 e. The van der Waals surface area contributed by atoms with Gasteiger partial charge in [0.15, 0.2) is 0 Å². The van der Waals surface area contributed by atoms with Gasteiger partial charge in [0.25, 0.3) is 5.91 Å². The Bertz CT molecular complexity index is 811. The van der Waals surface area contributed by atoms with Crippen molar-refractivity contribution in [3.8, 4) is 0 Å². The summed E-state index contributed by atoms with van der Waals surface area (Å²) < 4.78 is 25.7. The van der Waals surface area contributed by atoms with Crippen molar-refractivity contribution in [1.82, 2.24) is 10.2 Å². The summed E-state index contributed by atoms with van der Waals surface area (Å²) in [5, 5.41) is 3.45. The minimum Gasteiger partial charge on any atom is -0.339 e. The van der Waals surface area contributed by atoms with E-state index in [4.69, 9.17) is 0 Å². The molecule has 3 saturated heterocycles. The van der Waals surface area contributed by atoms with Crippen LogP contribution in [0, 0.1) is 12.3 Å². The second-order valence-corrected chi connectivity index (χ2v) is 9.97. The topological polar surface area (TPSA) is 69.7 Å². The predicted octanol–water partition coefficient (Wildman–Crippen LogP) is 2.17. The van der Waals surface area contributed by atoms with Crippen LogP contribution in [0.4, 0.5) is 5.69 Å². The number of benzene rings is 1. The van der Waals surface area contributed by atoms with Gasteiger partial charge in [-0.1, -0.05) is 0 Å². The maximum Gasteiger partial charge on any atom is 0.254 e. The zero-order valence-corrected chi connectivity index (χ0v) is 17.4. The molecule has 6 nitrogen and oxygen atoms in total. The summed E-state index contributed by atoms with van der Waals surface area (Å²) >= 11 is 0. The number of hydrogen-bond donors (Lipinski definition) is 1. The number of sulfonamides is 1. The van der Waals surface area contributed by atoms with E-state index < -0.39 is 10.0 Å². The molecule has 1 amide bonds. The Balaban J connectivity index is 0.00000210. The number of rotatable bonds is 2. The standard InChI is InChI=1S/C19H27N3O3S.ClH/c1-15-13-16(22-9-2-12-26(22,24)25)3-4-17(15)18(23)21-10-6-19(7-11-21)5-8-20-14-19;/h3-4,13,20H,2,5-12,14H2,1H3;1H. The Morgan fingerprint density at radius 2 is 1.89 bits per heavy atom. The van der Waals surface area contributed by atoms with Crippen LogP contribution in [-0.4, -0.2) is 57.7 Å². The molecule has 0 saturated carbocycles. The maximum absolute atomic E-state index is 13.0. The summed E-state index contributed by atoms with van der Waals surface area (Å²) in [4.78, 5) is 14.9. The lowest BCUT2D eigenvalue weighted by Gasteiger charge is -2.39. The highest BCUT2D eigenvalue weighted by molar-refractivity contribution is 7.93. The van der Waals surface area contributed by atoms with Gasteiger partial charge in [-0.25, -0.2) is 8.42 Å². The van der Waals surface area contributed by atoms with Gasteiger partial charge < -0.3 is 10.2 Å². The molecule has 0 aromatic heterocycles. The van der Waals surface area contributed by atoms with E-state index in [1.54, 1.807) is 12.1 Å². The Morgan fingerprint density at radius 1 is 1.15 bits per heavy atom. The van der Waals surface area contributed by atoms with E-state index in [0.717, 1.165) is 44.6 Å². The molecule has 27 heavy (non-hydrogen) atoms. The summed E-state index contributed by atoms with van der Waals surface area (Å²) in [5.74, 6) is 0.274. The molecule has 1 N–H and O–H groups in total. The van der Waals surface area contributed by atoms with Gasteiger partial charge in [0.05, 0.1) is 11.4 Å². The van der Waals surface area contributed by atoms with Crippen LogP contribution in [0.3, 0.4) is 0 Å². The van der Waals surface area contributed by atoms with Crippen LogP contribution in [0.1, 0.15) is 41.6 Å².